The Morgan fingerprint density at radius 3 is 1.36 bits per heavy atom. The SMILES string of the molecule is Cc1cc(C)c(NC(=S)NC(=O)c2ccccc2)c(C)c1NC(=S)NC(=O)c1ccccc1. The topological polar surface area (TPSA) is 82.3 Å². The van der Waals surface area contributed by atoms with Crippen LogP contribution in [-0.2, 0) is 0 Å². The van der Waals surface area contributed by atoms with E-state index in [1.165, 1.54) is 0 Å². The van der Waals surface area contributed by atoms with Crippen LogP contribution in [0.5, 0.6) is 0 Å². The van der Waals surface area contributed by atoms with Crippen LogP contribution in [0.3, 0.4) is 0 Å². The van der Waals surface area contributed by atoms with E-state index in [0.29, 0.717) is 11.1 Å². The molecule has 2 amide bonds. The van der Waals surface area contributed by atoms with Crippen LogP contribution in [0.2, 0.25) is 0 Å². The molecule has 0 aromatic heterocycles. The zero-order chi connectivity index (χ0) is 24.0. The van der Waals surface area contributed by atoms with Gasteiger partial charge in [0, 0.05) is 22.5 Å². The Morgan fingerprint density at radius 2 is 1.00 bits per heavy atom. The molecule has 0 heterocycles. The first-order valence-corrected chi connectivity index (χ1v) is 11.0. The molecule has 6 nitrogen and oxygen atoms in total. The maximum Gasteiger partial charge on any atom is 0.257 e. The van der Waals surface area contributed by atoms with Crippen LogP contribution in [0.25, 0.3) is 0 Å². The maximum atomic E-state index is 12.4. The van der Waals surface area contributed by atoms with Crippen molar-refractivity contribution in [3.63, 3.8) is 0 Å². The lowest BCUT2D eigenvalue weighted by Gasteiger charge is -2.20. The fourth-order valence-electron chi connectivity index (χ4n) is 3.39. The monoisotopic (exact) mass is 476 g/mol. The highest BCUT2D eigenvalue weighted by Crippen LogP contribution is 2.31. The molecule has 0 spiro atoms. The van der Waals surface area contributed by atoms with Gasteiger partial charge in [0.2, 0.25) is 0 Å². The number of nitrogens with one attached hydrogen (secondary N) is 4. The predicted molar refractivity (Wildman–Crippen MR) is 141 cm³/mol. The Labute approximate surface area is 203 Å². The lowest BCUT2D eigenvalue weighted by molar-refractivity contribution is 0.0969. The van der Waals surface area contributed by atoms with Crippen molar-refractivity contribution in [2.24, 2.45) is 0 Å². The third-order valence-electron chi connectivity index (χ3n) is 4.97. The summed E-state index contributed by atoms with van der Waals surface area (Å²) in [6, 6.07) is 19.7. The molecule has 3 rings (SSSR count). The summed E-state index contributed by atoms with van der Waals surface area (Å²) in [5, 5.41) is 12.0. The Morgan fingerprint density at radius 1 is 0.636 bits per heavy atom. The Kier molecular flexibility index (Phi) is 7.87. The maximum absolute atomic E-state index is 12.4. The minimum Gasteiger partial charge on any atom is -0.332 e. The van der Waals surface area contributed by atoms with Gasteiger partial charge in [-0.25, -0.2) is 0 Å². The molecular weight excluding hydrogens is 452 g/mol. The molecule has 0 saturated carbocycles. The largest absolute Gasteiger partial charge is 0.332 e. The zero-order valence-corrected chi connectivity index (χ0v) is 20.1. The number of carbonyl (C=O) groups is 2. The molecule has 33 heavy (non-hydrogen) atoms. The minimum absolute atomic E-state index is 0.185. The van der Waals surface area contributed by atoms with Crippen molar-refractivity contribution in [2.75, 3.05) is 10.6 Å². The summed E-state index contributed by atoms with van der Waals surface area (Å²) in [5.74, 6) is -0.586. The first kappa shape index (κ1) is 24.0. The van der Waals surface area contributed by atoms with Gasteiger partial charge in [-0.05, 0) is 86.2 Å². The first-order chi connectivity index (χ1) is 15.8. The van der Waals surface area contributed by atoms with Crippen molar-refractivity contribution in [3.8, 4) is 0 Å². The van der Waals surface area contributed by atoms with Crippen molar-refractivity contribution in [3.05, 3.63) is 94.5 Å². The first-order valence-electron chi connectivity index (χ1n) is 10.2. The number of anilines is 2. The van der Waals surface area contributed by atoms with Crippen LogP contribution in [-0.4, -0.2) is 22.0 Å². The number of hydrogen-bond donors (Lipinski definition) is 4. The fourth-order valence-corrected chi connectivity index (χ4v) is 3.78. The molecule has 0 radical (unpaired) electrons. The van der Waals surface area contributed by atoms with E-state index in [1.807, 2.05) is 39.0 Å². The smallest absolute Gasteiger partial charge is 0.257 e. The molecule has 3 aromatic rings. The number of rotatable bonds is 4. The number of hydrogen-bond acceptors (Lipinski definition) is 4. The second-order valence-electron chi connectivity index (χ2n) is 7.43. The van der Waals surface area contributed by atoms with E-state index >= 15 is 0 Å². The van der Waals surface area contributed by atoms with Crippen LogP contribution in [0.15, 0.2) is 66.7 Å². The number of benzene rings is 3. The van der Waals surface area contributed by atoms with Crippen LogP contribution < -0.4 is 21.3 Å². The molecular formula is C25H24N4O2S2. The summed E-state index contributed by atoms with van der Waals surface area (Å²) in [6.07, 6.45) is 0. The highest BCUT2D eigenvalue weighted by molar-refractivity contribution is 7.80. The van der Waals surface area contributed by atoms with E-state index in [9.17, 15) is 9.59 Å². The summed E-state index contributed by atoms with van der Waals surface area (Å²) in [4.78, 5) is 24.8. The molecule has 0 bridgehead atoms. The van der Waals surface area contributed by atoms with Crippen molar-refractivity contribution in [1.29, 1.82) is 0 Å². The average Bonchev–Trinajstić information content (AvgIpc) is 2.80. The summed E-state index contributed by atoms with van der Waals surface area (Å²) in [7, 11) is 0. The van der Waals surface area contributed by atoms with Gasteiger partial charge in [-0.15, -0.1) is 0 Å². The van der Waals surface area contributed by atoms with Crippen LogP contribution in [0.1, 0.15) is 37.4 Å². The fraction of sp³-hybridized carbons (Fsp3) is 0.120. The van der Waals surface area contributed by atoms with Gasteiger partial charge in [-0.1, -0.05) is 42.5 Å². The normalized spacial score (nSPS) is 10.2. The molecule has 0 saturated heterocycles. The van der Waals surface area contributed by atoms with Gasteiger partial charge >= 0.3 is 0 Å². The molecule has 0 aliphatic heterocycles. The van der Waals surface area contributed by atoms with Crippen molar-refractivity contribution < 1.29 is 9.59 Å². The van der Waals surface area contributed by atoms with E-state index in [1.54, 1.807) is 48.5 Å². The molecule has 8 heteroatoms. The summed E-state index contributed by atoms with van der Waals surface area (Å²) >= 11 is 10.7. The highest BCUT2D eigenvalue weighted by atomic mass is 32.1. The Balaban J connectivity index is 1.72. The molecule has 3 aromatic carbocycles. The highest BCUT2D eigenvalue weighted by Gasteiger charge is 2.16. The summed E-state index contributed by atoms with van der Waals surface area (Å²) in [5.41, 5.74) is 5.27. The van der Waals surface area contributed by atoms with Gasteiger partial charge in [-0.3, -0.25) is 20.2 Å². The van der Waals surface area contributed by atoms with Crippen molar-refractivity contribution >= 4 is 57.8 Å². The Bertz CT molecular complexity index is 1120. The third kappa shape index (κ3) is 6.21. The van der Waals surface area contributed by atoms with Gasteiger partial charge < -0.3 is 10.6 Å². The molecule has 4 N–H and O–H groups in total. The standard InChI is InChI=1S/C25H24N4O2S2/c1-15-14-16(2)21(27-25(33)29-23(31)19-12-8-5-9-13-19)17(3)20(15)26-24(32)28-22(30)18-10-6-4-7-11-18/h4-14H,1-3H3,(H2,26,28,30,32)(H2,27,29,31,33). The van der Waals surface area contributed by atoms with E-state index in [4.69, 9.17) is 24.4 Å². The van der Waals surface area contributed by atoms with Gasteiger partial charge in [0.25, 0.3) is 11.8 Å². The summed E-state index contributed by atoms with van der Waals surface area (Å²) in [6.45, 7) is 5.81. The predicted octanol–water partition coefficient (Wildman–Crippen LogP) is 4.87. The molecule has 0 atom stereocenters. The van der Waals surface area contributed by atoms with Crippen molar-refractivity contribution in [1.82, 2.24) is 10.6 Å². The number of carbonyl (C=O) groups excluding carboxylic acids is 2. The molecule has 0 aliphatic rings. The van der Waals surface area contributed by atoms with Crippen LogP contribution in [0.4, 0.5) is 11.4 Å². The molecule has 0 aliphatic carbocycles. The minimum atomic E-state index is -0.293. The quantitative estimate of drug-likeness (QED) is 0.403. The number of thiocarbonyl (C=S) groups is 2. The lowest BCUT2D eigenvalue weighted by Crippen LogP contribution is -2.35. The summed E-state index contributed by atoms with van der Waals surface area (Å²) < 4.78 is 0. The van der Waals surface area contributed by atoms with Gasteiger partial charge in [0.15, 0.2) is 10.2 Å². The number of aryl methyl sites for hydroxylation is 2. The van der Waals surface area contributed by atoms with E-state index in [0.717, 1.165) is 28.1 Å². The van der Waals surface area contributed by atoms with Crippen LogP contribution >= 0.6 is 24.4 Å². The second-order valence-corrected chi connectivity index (χ2v) is 8.25. The van der Waals surface area contributed by atoms with Crippen LogP contribution in [0, 0.1) is 20.8 Å². The van der Waals surface area contributed by atoms with Crippen molar-refractivity contribution in [2.45, 2.75) is 20.8 Å². The van der Waals surface area contributed by atoms with Gasteiger partial charge in [-0.2, -0.15) is 0 Å². The van der Waals surface area contributed by atoms with Gasteiger partial charge in [0.1, 0.15) is 0 Å². The Hall–Kier alpha value is -3.62. The lowest BCUT2D eigenvalue weighted by atomic mass is 10.0. The second kappa shape index (κ2) is 10.8. The van der Waals surface area contributed by atoms with E-state index in [-0.39, 0.29) is 22.0 Å². The zero-order valence-electron chi connectivity index (χ0n) is 18.5. The van der Waals surface area contributed by atoms with Gasteiger partial charge in [0.05, 0.1) is 0 Å². The van der Waals surface area contributed by atoms with E-state index < -0.39 is 0 Å². The molecule has 0 unspecified atom stereocenters. The molecule has 168 valence electrons. The number of amides is 2. The van der Waals surface area contributed by atoms with E-state index in [2.05, 4.69) is 21.3 Å². The molecule has 0 fully saturated rings. The third-order valence-corrected chi connectivity index (χ3v) is 5.38. The average molecular weight is 477 g/mol.